The highest BCUT2D eigenvalue weighted by Gasteiger charge is 2.22. The van der Waals surface area contributed by atoms with Gasteiger partial charge in [0.05, 0.1) is 19.7 Å². The highest BCUT2D eigenvalue weighted by Crippen LogP contribution is 2.28. The molecule has 2 rings (SSSR count). The summed E-state index contributed by atoms with van der Waals surface area (Å²) in [5.41, 5.74) is 0. The average Bonchev–Trinajstić information content (AvgIpc) is 3.46. The molecule has 1 saturated carbocycles. The predicted molar refractivity (Wildman–Crippen MR) is 121 cm³/mol. The van der Waals surface area contributed by atoms with Crippen LogP contribution in [0.15, 0.2) is 4.99 Å². The number of rotatable bonds is 11. The average molecular weight is 495 g/mol. The van der Waals surface area contributed by atoms with E-state index in [-0.39, 0.29) is 29.9 Å². The van der Waals surface area contributed by atoms with Gasteiger partial charge in [0, 0.05) is 38.8 Å². The fourth-order valence-electron chi connectivity index (χ4n) is 3.03. The van der Waals surface area contributed by atoms with Crippen LogP contribution in [0.4, 0.5) is 0 Å². The van der Waals surface area contributed by atoms with Gasteiger partial charge >= 0.3 is 0 Å². The fraction of sp³-hybridized carbons (Fsp3) is 0.895. The lowest BCUT2D eigenvalue weighted by Crippen LogP contribution is -2.50. The molecule has 158 valence electrons. The van der Waals surface area contributed by atoms with Gasteiger partial charge in [-0.05, 0) is 44.9 Å². The van der Waals surface area contributed by atoms with Crippen LogP contribution in [0.2, 0.25) is 0 Å². The molecule has 1 amide bonds. The molecule has 0 aromatic heterocycles. The van der Waals surface area contributed by atoms with Crippen LogP contribution in [-0.2, 0) is 9.53 Å². The number of ether oxygens (including phenoxy) is 1. The van der Waals surface area contributed by atoms with Gasteiger partial charge in [-0.2, -0.15) is 0 Å². The first-order valence-corrected chi connectivity index (χ1v) is 10.3. The van der Waals surface area contributed by atoms with E-state index >= 15 is 0 Å². The van der Waals surface area contributed by atoms with Crippen molar-refractivity contribution in [2.45, 2.75) is 52.0 Å². The minimum atomic E-state index is 0. The molecule has 0 radical (unpaired) electrons. The van der Waals surface area contributed by atoms with Gasteiger partial charge in [-0.25, -0.2) is 0 Å². The van der Waals surface area contributed by atoms with Crippen molar-refractivity contribution in [1.82, 2.24) is 20.9 Å². The van der Waals surface area contributed by atoms with Gasteiger partial charge < -0.3 is 20.7 Å². The summed E-state index contributed by atoms with van der Waals surface area (Å²) >= 11 is 0. The topological polar surface area (TPSA) is 78.0 Å². The quantitative estimate of drug-likeness (QED) is 0.176. The Kier molecular flexibility index (Phi) is 13.0. The molecule has 8 heteroatoms. The number of carbonyl (C=O) groups is 1. The molecule has 3 N–H and O–H groups in total. The minimum absolute atomic E-state index is 0. The van der Waals surface area contributed by atoms with Crippen molar-refractivity contribution in [2.24, 2.45) is 10.9 Å². The van der Waals surface area contributed by atoms with E-state index in [0.717, 1.165) is 63.9 Å². The normalized spacial score (nSPS) is 18.7. The monoisotopic (exact) mass is 495 g/mol. The molecule has 2 aliphatic rings. The predicted octanol–water partition coefficient (Wildman–Crippen LogP) is 1.58. The van der Waals surface area contributed by atoms with Gasteiger partial charge in [-0.3, -0.25) is 14.7 Å². The zero-order chi connectivity index (χ0) is 18.6. The van der Waals surface area contributed by atoms with E-state index in [4.69, 9.17) is 4.74 Å². The number of piperidine rings is 1. The molecular weight excluding hydrogens is 457 g/mol. The first-order chi connectivity index (χ1) is 12.7. The SMILES string of the molecule is CCCNC(=O)CN1CCC(NC(=NCCOCC2CC2)NCC)CC1.I. The Morgan fingerprint density at radius 1 is 1.15 bits per heavy atom. The van der Waals surface area contributed by atoms with E-state index in [1.165, 1.54) is 12.8 Å². The van der Waals surface area contributed by atoms with Crippen LogP contribution < -0.4 is 16.0 Å². The number of aliphatic imine (C=N–C) groups is 1. The van der Waals surface area contributed by atoms with E-state index in [0.29, 0.717) is 25.7 Å². The lowest BCUT2D eigenvalue weighted by atomic mass is 10.1. The Bertz CT molecular complexity index is 438. The van der Waals surface area contributed by atoms with Crippen molar-refractivity contribution in [3.63, 3.8) is 0 Å². The second kappa shape index (κ2) is 14.4. The Hall–Kier alpha value is -0.610. The summed E-state index contributed by atoms with van der Waals surface area (Å²) < 4.78 is 5.65. The summed E-state index contributed by atoms with van der Waals surface area (Å²) in [4.78, 5) is 18.7. The molecule has 1 saturated heterocycles. The number of hydrogen-bond donors (Lipinski definition) is 3. The van der Waals surface area contributed by atoms with Gasteiger partial charge in [0.1, 0.15) is 0 Å². The molecule has 0 spiro atoms. The van der Waals surface area contributed by atoms with Crippen LogP contribution in [0.1, 0.15) is 46.0 Å². The smallest absolute Gasteiger partial charge is 0.234 e. The fourth-order valence-corrected chi connectivity index (χ4v) is 3.03. The third kappa shape index (κ3) is 11.1. The maximum atomic E-state index is 11.8. The summed E-state index contributed by atoms with van der Waals surface area (Å²) in [5, 5.41) is 9.79. The van der Waals surface area contributed by atoms with Crippen LogP contribution >= 0.6 is 24.0 Å². The van der Waals surface area contributed by atoms with Crippen LogP contribution in [-0.4, -0.2) is 75.3 Å². The summed E-state index contributed by atoms with van der Waals surface area (Å²) in [5.74, 6) is 1.82. The van der Waals surface area contributed by atoms with Crippen molar-refractivity contribution < 1.29 is 9.53 Å². The van der Waals surface area contributed by atoms with Crippen molar-refractivity contribution >= 4 is 35.8 Å². The lowest BCUT2D eigenvalue weighted by molar-refractivity contribution is -0.122. The summed E-state index contributed by atoms with van der Waals surface area (Å²) in [6.07, 6.45) is 5.70. The summed E-state index contributed by atoms with van der Waals surface area (Å²) in [7, 11) is 0. The van der Waals surface area contributed by atoms with E-state index < -0.39 is 0 Å². The zero-order valence-corrected chi connectivity index (χ0v) is 19.3. The Labute approximate surface area is 181 Å². The third-order valence-electron chi connectivity index (χ3n) is 4.77. The van der Waals surface area contributed by atoms with Crippen molar-refractivity contribution in [2.75, 3.05) is 52.5 Å². The van der Waals surface area contributed by atoms with Crippen LogP contribution in [0.3, 0.4) is 0 Å². The Morgan fingerprint density at radius 2 is 1.89 bits per heavy atom. The molecule has 1 aliphatic carbocycles. The number of hydrogen-bond acceptors (Lipinski definition) is 4. The van der Waals surface area contributed by atoms with Crippen LogP contribution in [0, 0.1) is 5.92 Å². The largest absolute Gasteiger partial charge is 0.379 e. The Morgan fingerprint density at radius 3 is 2.52 bits per heavy atom. The third-order valence-corrected chi connectivity index (χ3v) is 4.77. The molecule has 0 aromatic rings. The summed E-state index contributed by atoms with van der Waals surface area (Å²) in [6, 6.07) is 0.412. The molecule has 0 unspecified atom stereocenters. The highest BCUT2D eigenvalue weighted by atomic mass is 127. The summed E-state index contributed by atoms with van der Waals surface area (Å²) in [6.45, 7) is 10.5. The molecule has 7 nitrogen and oxygen atoms in total. The number of amides is 1. The van der Waals surface area contributed by atoms with Crippen molar-refractivity contribution in [1.29, 1.82) is 0 Å². The second-order valence-corrected chi connectivity index (χ2v) is 7.32. The molecule has 2 fully saturated rings. The standard InChI is InChI=1S/C19H37N5O2.HI/c1-3-9-21-18(25)14-24-11-7-17(8-12-24)23-19(20-4-2)22-10-13-26-15-16-5-6-16;/h16-17H,3-15H2,1-2H3,(H,21,25)(H2,20,22,23);1H. The van der Waals surface area contributed by atoms with Gasteiger partial charge in [-0.1, -0.05) is 6.92 Å². The van der Waals surface area contributed by atoms with Gasteiger partial charge in [0.25, 0.3) is 0 Å². The van der Waals surface area contributed by atoms with E-state index in [1.54, 1.807) is 0 Å². The number of carbonyl (C=O) groups excluding carboxylic acids is 1. The molecule has 0 bridgehead atoms. The van der Waals surface area contributed by atoms with Crippen molar-refractivity contribution in [3.8, 4) is 0 Å². The first kappa shape index (κ1) is 24.4. The number of likely N-dealkylation sites (tertiary alicyclic amines) is 1. The van der Waals surface area contributed by atoms with E-state index in [1.807, 2.05) is 0 Å². The van der Waals surface area contributed by atoms with Crippen molar-refractivity contribution in [3.05, 3.63) is 0 Å². The van der Waals surface area contributed by atoms with Gasteiger partial charge in [0.2, 0.25) is 5.91 Å². The number of nitrogens with one attached hydrogen (secondary N) is 3. The molecule has 1 heterocycles. The molecule has 1 aliphatic heterocycles. The molecule has 0 aromatic carbocycles. The maximum absolute atomic E-state index is 11.8. The second-order valence-electron chi connectivity index (χ2n) is 7.32. The van der Waals surface area contributed by atoms with E-state index in [9.17, 15) is 4.79 Å². The number of halogens is 1. The Balaban J connectivity index is 0.00000364. The van der Waals surface area contributed by atoms with Crippen LogP contribution in [0.5, 0.6) is 0 Å². The minimum Gasteiger partial charge on any atom is -0.379 e. The molecular formula is C19H38IN5O2. The first-order valence-electron chi connectivity index (χ1n) is 10.3. The molecule has 27 heavy (non-hydrogen) atoms. The van der Waals surface area contributed by atoms with Gasteiger partial charge in [0.15, 0.2) is 5.96 Å². The zero-order valence-electron chi connectivity index (χ0n) is 17.0. The van der Waals surface area contributed by atoms with Crippen LogP contribution in [0.25, 0.3) is 0 Å². The van der Waals surface area contributed by atoms with Gasteiger partial charge in [-0.15, -0.1) is 24.0 Å². The van der Waals surface area contributed by atoms with E-state index in [2.05, 4.69) is 39.7 Å². The maximum Gasteiger partial charge on any atom is 0.234 e. The number of guanidine groups is 1. The molecule has 0 atom stereocenters. The number of nitrogens with zero attached hydrogens (tertiary/aromatic N) is 2. The lowest BCUT2D eigenvalue weighted by Gasteiger charge is -2.32. The highest BCUT2D eigenvalue weighted by molar-refractivity contribution is 14.0.